The topological polar surface area (TPSA) is 38.3 Å². The Morgan fingerprint density at radius 1 is 1.09 bits per heavy atom. The van der Waals surface area contributed by atoms with E-state index in [1.54, 1.807) is 12.1 Å². The number of amides is 1. The summed E-state index contributed by atoms with van der Waals surface area (Å²) >= 11 is 2.01. The van der Waals surface area contributed by atoms with Gasteiger partial charge in [0.2, 0.25) is 0 Å². The zero-order chi connectivity index (χ0) is 16.2. The van der Waals surface area contributed by atoms with Crippen LogP contribution in [0, 0.1) is 9.39 Å². The monoisotopic (exact) mass is 421 g/mol. The number of hydrogen-bond donors (Lipinski definition) is 1. The van der Waals surface area contributed by atoms with Crippen molar-refractivity contribution in [2.45, 2.75) is 0 Å². The van der Waals surface area contributed by atoms with Crippen LogP contribution in [0.1, 0.15) is 0 Å². The van der Waals surface area contributed by atoms with Gasteiger partial charge >= 0.3 is 0 Å². The highest BCUT2D eigenvalue weighted by Gasteiger charge is 2.09. The number of nitrogens with one attached hydrogen (secondary N) is 1. The predicted molar refractivity (Wildman–Crippen MR) is 97.2 cm³/mol. The first-order valence-corrected chi connectivity index (χ1v) is 8.07. The summed E-state index contributed by atoms with van der Waals surface area (Å²) in [6.07, 6.45) is 0. The smallest absolute Gasteiger partial charge is 0.262 e. The molecule has 0 aliphatic heterocycles. The summed E-state index contributed by atoms with van der Waals surface area (Å²) in [6.45, 7) is -0.181. The number of rotatable bonds is 4. The number of ether oxygens (including phenoxy) is 1. The molecule has 0 fully saturated rings. The van der Waals surface area contributed by atoms with E-state index in [-0.39, 0.29) is 12.3 Å². The van der Waals surface area contributed by atoms with Crippen molar-refractivity contribution >= 4 is 45.0 Å². The Bertz CT molecular complexity index is 861. The standard InChI is InChI=1S/C18H13FINO2/c19-15-10-13(20)8-9-16(15)21-18(22)11-23-17-7-3-5-12-4-1-2-6-14(12)17/h1-10H,11H2,(H,21,22). The van der Waals surface area contributed by atoms with Crippen LogP contribution in [0.3, 0.4) is 0 Å². The minimum Gasteiger partial charge on any atom is -0.483 e. The maximum Gasteiger partial charge on any atom is 0.262 e. The van der Waals surface area contributed by atoms with Crippen LogP contribution in [-0.4, -0.2) is 12.5 Å². The number of fused-ring (bicyclic) bond motifs is 1. The van der Waals surface area contributed by atoms with Crippen molar-refractivity contribution in [2.75, 3.05) is 11.9 Å². The first-order chi connectivity index (χ1) is 11.1. The molecule has 3 rings (SSSR count). The number of benzene rings is 3. The fourth-order valence-corrected chi connectivity index (χ4v) is 2.70. The highest BCUT2D eigenvalue weighted by atomic mass is 127. The lowest BCUT2D eigenvalue weighted by Crippen LogP contribution is -2.20. The van der Waals surface area contributed by atoms with Gasteiger partial charge in [0.1, 0.15) is 11.6 Å². The Kier molecular flexibility index (Phi) is 4.76. The van der Waals surface area contributed by atoms with Gasteiger partial charge < -0.3 is 10.1 Å². The summed E-state index contributed by atoms with van der Waals surface area (Å²) in [6, 6.07) is 18.0. The van der Waals surface area contributed by atoms with Crippen LogP contribution in [-0.2, 0) is 4.79 Å². The molecule has 116 valence electrons. The Balaban J connectivity index is 1.69. The van der Waals surface area contributed by atoms with E-state index in [1.165, 1.54) is 12.1 Å². The molecule has 1 N–H and O–H groups in total. The number of carbonyl (C=O) groups excluding carboxylic acids is 1. The molecule has 23 heavy (non-hydrogen) atoms. The van der Waals surface area contributed by atoms with Crippen LogP contribution in [0.2, 0.25) is 0 Å². The van der Waals surface area contributed by atoms with Gasteiger partial charge in [-0.3, -0.25) is 4.79 Å². The normalized spacial score (nSPS) is 10.5. The Labute approximate surface area is 146 Å². The van der Waals surface area contributed by atoms with Gasteiger partial charge in [-0.05, 0) is 52.2 Å². The number of halogens is 2. The Hall–Kier alpha value is -2.15. The van der Waals surface area contributed by atoms with Crippen molar-refractivity contribution in [3.63, 3.8) is 0 Å². The molecule has 3 nitrogen and oxygen atoms in total. The van der Waals surface area contributed by atoms with E-state index in [9.17, 15) is 9.18 Å². The van der Waals surface area contributed by atoms with E-state index in [0.717, 1.165) is 14.3 Å². The second kappa shape index (κ2) is 6.95. The van der Waals surface area contributed by atoms with Crippen LogP contribution in [0.15, 0.2) is 60.7 Å². The summed E-state index contributed by atoms with van der Waals surface area (Å²) in [4.78, 5) is 12.0. The second-order valence-corrected chi connectivity index (χ2v) is 6.18. The summed E-state index contributed by atoms with van der Waals surface area (Å²) < 4.78 is 20.1. The summed E-state index contributed by atoms with van der Waals surface area (Å²) in [5.41, 5.74) is 0.150. The van der Waals surface area contributed by atoms with Crippen molar-refractivity contribution in [3.8, 4) is 5.75 Å². The maximum absolute atomic E-state index is 13.7. The molecule has 3 aromatic rings. The van der Waals surface area contributed by atoms with Gasteiger partial charge in [0, 0.05) is 8.96 Å². The van der Waals surface area contributed by atoms with Gasteiger partial charge in [0.15, 0.2) is 6.61 Å². The Morgan fingerprint density at radius 3 is 2.70 bits per heavy atom. The second-order valence-electron chi connectivity index (χ2n) is 4.94. The first kappa shape index (κ1) is 15.7. The third kappa shape index (κ3) is 3.79. The molecule has 0 saturated carbocycles. The molecule has 0 saturated heterocycles. The van der Waals surface area contributed by atoms with Gasteiger partial charge in [-0.25, -0.2) is 4.39 Å². The fraction of sp³-hybridized carbons (Fsp3) is 0.0556. The van der Waals surface area contributed by atoms with Gasteiger partial charge in [0.25, 0.3) is 5.91 Å². The average Bonchev–Trinajstić information content (AvgIpc) is 2.55. The zero-order valence-electron chi connectivity index (χ0n) is 12.1. The highest BCUT2D eigenvalue weighted by Crippen LogP contribution is 2.25. The average molecular weight is 421 g/mol. The van der Waals surface area contributed by atoms with Crippen molar-refractivity contribution in [3.05, 3.63) is 70.1 Å². The molecule has 0 aliphatic rings. The van der Waals surface area contributed by atoms with Crippen molar-refractivity contribution < 1.29 is 13.9 Å². The number of anilines is 1. The van der Waals surface area contributed by atoms with E-state index in [2.05, 4.69) is 5.32 Å². The molecule has 5 heteroatoms. The predicted octanol–water partition coefficient (Wildman–Crippen LogP) is 4.60. The van der Waals surface area contributed by atoms with E-state index in [0.29, 0.717) is 5.75 Å². The summed E-state index contributed by atoms with van der Waals surface area (Å²) in [7, 11) is 0. The van der Waals surface area contributed by atoms with Gasteiger partial charge in [0.05, 0.1) is 5.69 Å². The molecular formula is C18H13FINO2. The van der Waals surface area contributed by atoms with E-state index in [4.69, 9.17) is 4.74 Å². The van der Waals surface area contributed by atoms with E-state index >= 15 is 0 Å². The summed E-state index contributed by atoms with van der Waals surface area (Å²) in [5.74, 6) is -0.241. The molecule has 0 aromatic heterocycles. The molecule has 1 amide bonds. The van der Waals surface area contributed by atoms with Crippen molar-refractivity contribution in [1.82, 2.24) is 0 Å². The van der Waals surface area contributed by atoms with E-state index < -0.39 is 11.7 Å². The lowest BCUT2D eigenvalue weighted by atomic mass is 10.1. The molecule has 0 spiro atoms. The lowest BCUT2D eigenvalue weighted by molar-refractivity contribution is -0.118. The highest BCUT2D eigenvalue weighted by molar-refractivity contribution is 14.1. The van der Waals surface area contributed by atoms with Crippen LogP contribution >= 0.6 is 22.6 Å². The van der Waals surface area contributed by atoms with Crippen molar-refractivity contribution in [2.24, 2.45) is 0 Å². The van der Waals surface area contributed by atoms with Gasteiger partial charge in [-0.15, -0.1) is 0 Å². The third-order valence-electron chi connectivity index (χ3n) is 3.31. The molecule has 0 bridgehead atoms. The molecule has 0 radical (unpaired) electrons. The molecule has 0 unspecified atom stereocenters. The van der Waals surface area contributed by atoms with Crippen LogP contribution in [0.5, 0.6) is 5.75 Å². The van der Waals surface area contributed by atoms with Crippen LogP contribution in [0.25, 0.3) is 10.8 Å². The number of carbonyl (C=O) groups is 1. The fourth-order valence-electron chi connectivity index (χ4n) is 2.24. The quantitative estimate of drug-likeness (QED) is 0.626. The SMILES string of the molecule is O=C(COc1cccc2ccccc12)Nc1ccc(I)cc1F. The molecular weight excluding hydrogens is 408 g/mol. The number of hydrogen-bond acceptors (Lipinski definition) is 2. The maximum atomic E-state index is 13.7. The minimum absolute atomic E-state index is 0.150. The Morgan fingerprint density at radius 2 is 1.87 bits per heavy atom. The van der Waals surface area contributed by atoms with Crippen molar-refractivity contribution in [1.29, 1.82) is 0 Å². The molecule has 0 heterocycles. The minimum atomic E-state index is -0.463. The van der Waals surface area contributed by atoms with Crippen LogP contribution < -0.4 is 10.1 Å². The first-order valence-electron chi connectivity index (χ1n) is 6.99. The molecule has 0 atom stereocenters. The lowest BCUT2D eigenvalue weighted by Gasteiger charge is -2.10. The third-order valence-corrected chi connectivity index (χ3v) is 3.98. The van der Waals surface area contributed by atoms with Crippen LogP contribution in [0.4, 0.5) is 10.1 Å². The molecule has 3 aromatic carbocycles. The van der Waals surface area contributed by atoms with Gasteiger partial charge in [-0.1, -0.05) is 36.4 Å². The zero-order valence-corrected chi connectivity index (χ0v) is 14.2. The summed E-state index contributed by atoms with van der Waals surface area (Å²) in [5, 5.41) is 4.48. The van der Waals surface area contributed by atoms with Gasteiger partial charge in [-0.2, -0.15) is 0 Å². The molecule has 0 aliphatic carbocycles. The largest absolute Gasteiger partial charge is 0.483 e. The van der Waals surface area contributed by atoms with E-state index in [1.807, 2.05) is 59.0 Å².